The fourth-order valence-corrected chi connectivity index (χ4v) is 2.88. The molecule has 1 N–H and O–H groups in total. The molecular weight excluding hydrogens is 236 g/mol. The van der Waals surface area contributed by atoms with Crippen LogP contribution in [0, 0.1) is 17.2 Å². The van der Waals surface area contributed by atoms with Crippen molar-refractivity contribution in [2.75, 3.05) is 0 Å². The second kappa shape index (κ2) is 7.13. The maximum absolute atomic E-state index is 12.1. The number of carbonyl (C=O) groups is 1. The maximum Gasteiger partial charge on any atom is 0.261 e. The van der Waals surface area contributed by atoms with Gasteiger partial charge in [0.1, 0.15) is 11.6 Å². The fraction of sp³-hybridized carbons (Fsp3) is 0.625. The Balaban J connectivity index is 1.92. The summed E-state index contributed by atoms with van der Waals surface area (Å²) in [4.78, 5) is 12.1. The van der Waals surface area contributed by atoms with E-state index >= 15 is 0 Å². The van der Waals surface area contributed by atoms with Crippen LogP contribution in [0.15, 0.2) is 23.8 Å². The van der Waals surface area contributed by atoms with Gasteiger partial charge in [0.2, 0.25) is 0 Å². The quantitative estimate of drug-likeness (QED) is 0.480. The smallest absolute Gasteiger partial charge is 0.261 e. The van der Waals surface area contributed by atoms with Gasteiger partial charge < -0.3 is 5.32 Å². The van der Waals surface area contributed by atoms with Crippen LogP contribution >= 0.6 is 0 Å². The molecule has 0 spiro atoms. The van der Waals surface area contributed by atoms with Crippen LogP contribution in [0.4, 0.5) is 0 Å². The highest BCUT2D eigenvalue weighted by atomic mass is 16.1. The molecular formula is C16H22N2O. The van der Waals surface area contributed by atoms with Crippen LogP contribution in [0.2, 0.25) is 0 Å². The van der Waals surface area contributed by atoms with Crippen molar-refractivity contribution >= 4 is 5.91 Å². The zero-order chi connectivity index (χ0) is 13.5. The topological polar surface area (TPSA) is 52.9 Å². The monoisotopic (exact) mass is 258 g/mol. The molecule has 2 aliphatic carbocycles. The van der Waals surface area contributed by atoms with Crippen LogP contribution in [0.1, 0.15) is 51.4 Å². The molecule has 0 bridgehead atoms. The van der Waals surface area contributed by atoms with E-state index in [1.165, 1.54) is 19.3 Å². The molecule has 102 valence electrons. The Bertz CT molecular complexity index is 411. The van der Waals surface area contributed by atoms with Crippen LogP contribution in [-0.4, -0.2) is 11.9 Å². The number of carbonyl (C=O) groups excluding carboxylic acids is 1. The van der Waals surface area contributed by atoms with Crippen molar-refractivity contribution < 1.29 is 4.79 Å². The van der Waals surface area contributed by atoms with Gasteiger partial charge in [0, 0.05) is 6.04 Å². The molecule has 1 amide bonds. The summed E-state index contributed by atoms with van der Waals surface area (Å²) in [7, 11) is 0. The molecule has 2 rings (SSSR count). The molecule has 1 fully saturated rings. The SMILES string of the molecule is N#CC(=CC1CC=CCC1)C(=O)NC1CCCCC1. The molecule has 19 heavy (non-hydrogen) atoms. The van der Waals surface area contributed by atoms with E-state index in [2.05, 4.69) is 23.5 Å². The van der Waals surface area contributed by atoms with Gasteiger partial charge in [-0.05, 0) is 38.0 Å². The lowest BCUT2D eigenvalue weighted by Crippen LogP contribution is -2.37. The molecule has 0 saturated heterocycles. The summed E-state index contributed by atoms with van der Waals surface area (Å²) >= 11 is 0. The van der Waals surface area contributed by atoms with Gasteiger partial charge in [0.25, 0.3) is 5.91 Å². The van der Waals surface area contributed by atoms with Gasteiger partial charge in [0.15, 0.2) is 0 Å². The summed E-state index contributed by atoms with van der Waals surface area (Å²) in [6.07, 6.45) is 14.9. The lowest BCUT2D eigenvalue weighted by molar-refractivity contribution is -0.118. The number of amides is 1. The molecule has 0 aromatic rings. The first-order chi connectivity index (χ1) is 9.29. The number of rotatable bonds is 3. The normalized spacial score (nSPS) is 24.8. The third-order valence-electron chi connectivity index (χ3n) is 4.02. The van der Waals surface area contributed by atoms with Crippen LogP contribution in [0.25, 0.3) is 0 Å². The first-order valence-electron chi connectivity index (χ1n) is 7.37. The molecule has 0 heterocycles. The average Bonchev–Trinajstić information content (AvgIpc) is 2.47. The fourth-order valence-electron chi connectivity index (χ4n) is 2.88. The van der Waals surface area contributed by atoms with E-state index in [4.69, 9.17) is 5.26 Å². The molecule has 1 atom stereocenters. The van der Waals surface area contributed by atoms with E-state index in [-0.39, 0.29) is 11.9 Å². The number of nitriles is 1. The van der Waals surface area contributed by atoms with E-state index < -0.39 is 0 Å². The molecule has 0 aliphatic heterocycles. The van der Waals surface area contributed by atoms with Crippen molar-refractivity contribution in [2.45, 2.75) is 57.4 Å². The van der Waals surface area contributed by atoms with Gasteiger partial charge in [-0.25, -0.2) is 0 Å². The standard InChI is InChI=1S/C16H22N2O/c17-12-14(11-13-7-3-1-4-8-13)16(19)18-15-9-5-2-6-10-15/h1,3,11,13,15H,2,4-10H2,(H,18,19). The molecule has 1 unspecified atom stereocenters. The van der Waals surface area contributed by atoms with Crippen LogP contribution in [-0.2, 0) is 4.79 Å². The summed E-state index contributed by atoms with van der Waals surface area (Å²) in [6, 6.07) is 2.33. The van der Waals surface area contributed by atoms with Crippen LogP contribution in [0.5, 0.6) is 0 Å². The zero-order valence-corrected chi connectivity index (χ0v) is 11.4. The van der Waals surface area contributed by atoms with Crippen LogP contribution < -0.4 is 5.32 Å². The van der Waals surface area contributed by atoms with Gasteiger partial charge in [-0.15, -0.1) is 0 Å². The lowest BCUT2D eigenvalue weighted by atomic mass is 9.92. The van der Waals surface area contributed by atoms with Crippen molar-refractivity contribution in [3.05, 3.63) is 23.8 Å². The van der Waals surface area contributed by atoms with E-state index in [0.717, 1.165) is 32.1 Å². The Hall–Kier alpha value is -1.56. The number of nitrogens with zero attached hydrogens (tertiary/aromatic N) is 1. The summed E-state index contributed by atoms with van der Waals surface area (Å²) < 4.78 is 0. The number of hydrogen-bond acceptors (Lipinski definition) is 2. The van der Waals surface area contributed by atoms with E-state index in [0.29, 0.717) is 11.5 Å². The van der Waals surface area contributed by atoms with Gasteiger partial charge in [-0.2, -0.15) is 5.26 Å². The summed E-state index contributed by atoms with van der Waals surface area (Å²) in [5, 5.41) is 12.2. The maximum atomic E-state index is 12.1. The highest BCUT2D eigenvalue weighted by Crippen LogP contribution is 2.21. The average molecular weight is 258 g/mol. The number of hydrogen-bond donors (Lipinski definition) is 1. The van der Waals surface area contributed by atoms with Gasteiger partial charge in [-0.3, -0.25) is 4.79 Å². The van der Waals surface area contributed by atoms with E-state index in [1.807, 2.05) is 6.08 Å². The minimum absolute atomic E-state index is 0.177. The molecule has 0 radical (unpaired) electrons. The Labute approximate surface area is 115 Å². The zero-order valence-electron chi connectivity index (χ0n) is 11.4. The Morgan fingerprint density at radius 3 is 2.63 bits per heavy atom. The molecule has 1 saturated carbocycles. The summed E-state index contributed by atoms with van der Waals surface area (Å²) in [6.45, 7) is 0. The first-order valence-corrected chi connectivity index (χ1v) is 7.37. The van der Waals surface area contributed by atoms with E-state index in [1.54, 1.807) is 0 Å². The van der Waals surface area contributed by atoms with Crippen molar-refractivity contribution in [2.24, 2.45) is 5.92 Å². The van der Waals surface area contributed by atoms with Crippen molar-refractivity contribution in [1.29, 1.82) is 5.26 Å². The van der Waals surface area contributed by atoms with Gasteiger partial charge in [-0.1, -0.05) is 37.5 Å². The highest BCUT2D eigenvalue weighted by Gasteiger charge is 2.19. The predicted molar refractivity (Wildman–Crippen MR) is 75.2 cm³/mol. The van der Waals surface area contributed by atoms with E-state index in [9.17, 15) is 4.79 Å². The molecule has 0 aromatic heterocycles. The van der Waals surface area contributed by atoms with Crippen molar-refractivity contribution in [3.8, 4) is 6.07 Å². The summed E-state index contributed by atoms with van der Waals surface area (Å²) in [5.41, 5.74) is 0.297. The minimum Gasteiger partial charge on any atom is -0.349 e. The largest absolute Gasteiger partial charge is 0.349 e. The first kappa shape index (κ1) is 13.9. The van der Waals surface area contributed by atoms with Crippen molar-refractivity contribution in [1.82, 2.24) is 5.32 Å². The molecule has 2 aliphatic rings. The van der Waals surface area contributed by atoms with Crippen molar-refractivity contribution in [3.63, 3.8) is 0 Å². The molecule has 3 nitrogen and oxygen atoms in total. The second-order valence-electron chi connectivity index (χ2n) is 5.55. The van der Waals surface area contributed by atoms with Gasteiger partial charge in [0.05, 0.1) is 0 Å². The summed E-state index contributed by atoms with van der Waals surface area (Å²) in [5.74, 6) is 0.167. The number of allylic oxidation sites excluding steroid dienone is 3. The predicted octanol–water partition coefficient (Wildman–Crippen LogP) is 3.24. The van der Waals surface area contributed by atoms with Gasteiger partial charge >= 0.3 is 0 Å². The Kier molecular flexibility index (Phi) is 5.20. The molecule has 0 aromatic carbocycles. The Morgan fingerprint density at radius 2 is 2.00 bits per heavy atom. The second-order valence-corrected chi connectivity index (χ2v) is 5.55. The third-order valence-corrected chi connectivity index (χ3v) is 4.02. The molecule has 3 heteroatoms. The highest BCUT2D eigenvalue weighted by molar-refractivity contribution is 5.97. The number of nitrogens with one attached hydrogen (secondary N) is 1. The lowest BCUT2D eigenvalue weighted by Gasteiger charge is -2.22. The Morgan fingerprint density at radius 1 is 1.21 bits per heavy atom. The van der Waals surface area contributed by atoms with Crippen LogP contribution in [0.3, 0.4) is 0 Å². The third kappa shape index (κ3) is 4.24. The minimum atomic E-state index is -0.177.